The van der Waals surface area contributed by atoms with Crippen LogP contribution in [-0.4, -0.2) is 40.4 Å². The molecule has 0 bridgehead atoms. The normalized spacial score (nSPS) is 15.2. The summed E-state index contributed by atoms with van der Waals surface area (Å²) in [6.07, 6.45) is 2.04. The van der Waals surface area contributed by atoms with Gasteiger partial charge in [-0.05, 0) is 51.1 Å². The van der Waals surface area contributed by atoms with Gasteiger partial charge in [-0.1, -0.05) is 6.07 Å². The Kier molecular flexibility index (Phi) is 5.10. The number of piperidine rings is 1. The van der Waals surface area contributed by atoms with Crippen LogP contribution in [0.2, 0.25) is 0 Å². The van der Waals surface area contributed by atoms with Gasteiger partial charge in [-0.25, -0.2) is 4.68 Å². The van der Waals surface area contributed by atoms with Crippen LogP contribution in [0.3, 0.4) is 0 Å². The van der Waals surface area contributed by atoms with Crippen molar-refractivity contribution < 1.29 is 9.53 Å². The molecule has 1 amide bonds. The van der Waals surface area contributed by atoms with Crippen LogP contribution >= 0.6 is 0 Å². The summed E-state index contributed by atoms with van der Waals surface area (Å²) in [4.78, 5) is 17.0. The van der Waals surface area contributed by atoms with E-state index in [0.29, 0.717) is 29.8 Å². The maximum absolute atomic E-state index is 12.5. The molecule has 2 heterocycles. The molecule has 0 atom stereocenters. The minimum atomic E-state index is -0.219. The minimum Gasteiger partial charge on any atom is -0.494 e. The van der Waals surface area contributed by atoms with Crippen molar-refractivity contribution in [2.45, 2.75) is 25.7 Å². The highest BCUT2D eigenvalue weighted by Crippen LogP contribution is 2.23. The van der Waals surface area contributed by atoms with Crippen LogP contribution < -0.4 is 15.4 Å². The first kappa shape index (κ1) is 16.4. The highest BCUT2D eigenvalue weighted by atomic mass is 16.5. The number of amides is 1. The number of aryl methyl sites for hydroxylation is 1. The van der Waals surface area contributed by atoms with E-state index < -0.39 is 0 Å². The summed E-state index contributed by atoms with van der Waals surface area (Å²) in [7, 11) is 1.80. The van der Waals surface area contributed by atoms with Gasteiger partial charge >= 0.3 is 0 Å². The lowest BCUT2D eigenvalue weighted by atomic mass is 9.98. The maximum atomic E-state index is 12.5. The number of aromatic nitrogens is 3. The van der Waals surface area contributed by atoms with Gasteiger partial charge in [0.15, 0.2) is 5.82 Å². The fourth-order valence-electron chi connectivity index (χ4n) is 2.83. The molecule has 2 N–H and O–H groups in total. The number of hydrogen-bond acceptors (Lipinski definition) is 5. The Morgan fingerprint density at radius 1 is 1.42 bits per heavy atom. The topological polar surface area (TPSA) is 81.1 Å². The number of benzene rings is 1. The molecule has 0 unspecified atom stereocenters. The van der Waals surface area contributed by atoms with Crippen LogP contribution in [0.25, 0.3) is 0 Å². The monoisotopic (exact) mass is 329 g/mol. The fraction of sp³-hybridized carbons (Fsp3) is 0.471. The van der Waals surface area contributed by atoms with Gasteiger partial charge < -0.3 is 10.1 Å². The molecular weight excluding hydrogens is 306 g/mol. The highest BCUT2D eigenvalue weighted by molar-refractivity contribution is 6.03. The number of rotatable bonds is 5. The smallest absolute Gasteiger partial charge is 0.258 e. The van der Waals surface area contributed by atoms with Crippen LogP contribution in [-0.2, 0) is 7.05 Å². The molecule has 2 aromatic rings. The Labute approximate surface area is 141 Å². The molecule has 1 aliphatic heterocycles. The summed E-state index contributed by atoms with van der Waals surface area (Å²) in [6, 6.07) is 7.11. The summed E-state index contributed by atoms with van der Waals surface area (Å²) >= 11 is 0. The molecule has 0 spiro atoms. The van der Waals surface area contributed by atoms with Crippen molar-refractivity contribution in [1.82, 2.24) is 20.1 Å². The van der Waals surface area contributed by atoms with E-state index in [0.717, 1.165) is 31.8 Å². The second kappa shape index (κ2) is 7.44. The standard InChI is InChI=1S/C17H23N5O2/c1-3-24-14-6-4-5-13(11-14)16(23)20-17-19-15(21-22(17)2)12-7-9-18-10-8-12/h4-6,11-12,18H,3,7-10H2,1-2H3,(H,19,20,21,23). The second-order valence-corrected chi connectivity index (χ2v) is 5.86. The van der Waals surface area contributed by atoms with Crippen LogP contribution in [0.4, 0.5) is 5.95 Å². The van der Waals surface area contributed by atoms with E-state index in [4.69, 9.17) is 4.74 Å². The Balaban J connectivity index is 1.72. The molecular formula is C17H23N5O2. The van der Waals surface area contributed by atoms with E-state index >= 15 is 0 Å². The lowest BCUT2D eigenvalue weighted by Crippen LogP contribution is -2.27. The number of ether oxygens (including phenoxy) is 1. The van der Waals surface area contributed by atoms with Gasteiger partial charge in [0.05, 0.1) is 6.61 Å². The minimum absolute atomic E-state index is 0.219. The molecule has 1 saturated heterocycles. The van der Waals surface area contributed by atoms with Crippen molar-refractivity contribution >= 4 is 11.9 Å². The molecule has 0 radical (unpaired) electrons. The number of nitrogens with zero attached hydrogens (tertiary/aromatic N) is 3. The molecule has 24 heavy (non-hydrogen) atoms. The zero-order valence-electron chi connectivity index (χ0n) is 14.1. The maximum Gasteiger partial charge on any atom is 0.258 e. The van der Waals surface area contributed by atoms with Gasteiger partial charge in [0.2, 0.25) is 5.95 Å². The van der Waals surface area contributed by atoms with Gasteiger partial charge in [0.1, 0.15) is 5.75 Å². The number of anilines is 1. The Hall–Kier alpha value is -2.41. The van der Waals surface area contributed by atoms with Gasteiger partial charge in [0, 0.05) is 18.5 Å². The summed E-state index contributed by atoms with van der Waals surface area (Å²) in [5.74, 6) is 2.08. The summed E-state index contributed by atoms with van der Waals surface area (Å²) < 4.78 is 7.06. The average molecular weight is 329 g/mol. The van der Waals surface area contributed by atoms with Gasteiger partial charge in [-0.3, -0.25) is 10.1 Å². The number of hydrogen-bond donors (Lipinski definition) is 2. The Morgan fingerprint density at radius 2 is 2.21 bits per heavy atom. The third-order valence-corrected chi connectivity index (χ3v) is 4.12. The van der Waals surface area contributed by atoms with Crippen molar-refractivity contribution in [3.63, 3.8) is 0 Å². The summed E-state index contributed by atoms with van der Waals surface area (Å²) in [5, 5.41) is 10.6. The molecule has 0 aliphatic carbocycles. The molecule has 1 aromatic heterocycles. The third kappa shape index (κ3) is 3.73. The van der Waals surface area contributed by atoms with E-state index in [1.807, 2.05) is 13.0 Å². The Morgan fingerprint density at radius 3 is 2.96 bits per heavy atom. The highest BCUT2D eigenvalue weighted by Gasteiger charge is 2.21. The van der Waals surface area contributed by atoms with E-state index in [2.05, 4.69) is 20.7 Å². The molecule has 128 valence electrons. The van der Waals surface area contributed by atoms with E-state index in [1.165, 1.54) is 0 Å². The fourth-order valence-corrected chi connectivity index (χ4v) is 2.83. The van der Waals surface area contributed by atoms with Crippen LogP contribution in [0, 0.1) is 0 Å². The molecule has 7 nitrogen and oxygen atoms in total. The lowest BCUT2D eigenvalue weighted by Gasteiger charge is -2.19. The zero-order chi connectivity index (χ0) is 16.9. The van der Waals surface area contributed by atoms with Crippen LogP contribution in [0.5, 0.6) is 5.75 Å². The van der Waals surface area contributed by atoms with Gasteiger partial charge in [0.25, 0.3) is 5.91 Å². The molecule has 3 rings (SSSR count). The quantitative estimate of drug-likeness (QED) is 0.876. The molecule has 7 heteroatoms. The largest absolute Gasteiger partial charge is 0.494 e. The van der Waals surface area contributed by atoms with Crippen molar-refractivity contribution in [2.24, 2.45) is 7.05 Å². The van der Waals surface area contributed by atoms with Crippen molar-refractivity contribution in [1.29, 1.82) is 0 Å². The van der Waals surface area contributed by atoms with E-state index in [-0.39, 0.29) is 5.91 Å². The number of carbonyl (C=O) groups excluding carboxylic acids is 1. The Bertz CT molecular complexity index is 707. The number of nitrogens with one attached hydrogen (secondary N) is 2. The van der Waals surface area contributed by atoms with Crippen LogP contribution in [0.15, 0.2) is 24.3 Å². The third-order valence-electron chi connectivity index (χ3n) is 4.12. The first-order valence-electron chi connectivity index (χ1n) is 8.33. The molecule has 0 saturated carbocycles. The van der Waals surface area contributed by atoms with Crippen molar-refractivity contribution in [3.05, 3.63) is 35.7 Å². The summed E-state index contributed by atoms with van der Waals surface area (Å²) in [5.41, 5.74) is 0.535. The molecule has 1 aliphatic rings. The zero-order valence-corrected chi connectivity index (χ0v) is 14.1. The SMILES string of the molecule is CCOc1cccc(C(=O)Nc2nc(C3CCNCC3)nn2C)c1. The second-order valence-electron chi connectivity index (χ2n) is 5.86. The first-order valence-corrected chi connectivity index (χ1v) is 8.33. The molecule has 1 fully saturated rings. The summed E-state index contributed by atoms with van der Waals surface area (Å²) in [6.45, 7) is 4.44. The van der Waals surface area contributed by atoms with Gasteiger partial charge in [-0.2, -0.15) is 10.1 Å². The average Bonchev–Trinajstić information content (AvgIpc) is 2.97. The van der Waals surface area contributed by atoms with Crippen molar-refractivity contribution in [2.75, 3.05) is 25.0 Å². The molecule has 1 aromatic carbocycles. The lowest BCUT2D eigenvalue weighted by molar-refractivity contribution is 0.102. The van der Waals surface area contributed by atoms with E-state index in [9.17, 15) is 4.79 Å². The number of carbonyl (C=O) groups is 1. The van der Waals surface area contributed by atoms with E-state index in [1.54, 1.807) is 29.9 Å². The van der Waals surface area contributed by atoms with Crippen molar-refractivity contribution in [3.8, 4) is 5.75 Å². The first-order chi connectivity index (χ1) is 11.7. The predicted octanol–water partition coefficient (Wildman–Crippen LogP) is 1.93. The predicted molar refractivity (Wildman–Crippen MR) is 91.4 cm³/mol. The van der Waals surface area contributed by atoms with Crippen LogP contribution in [0.1, 0.15) is 41.9 Å². The van der Waals surface area contributed by atoms with Gasteiger partial charge in [-0.15, -0.1) is 0 Å².